The van der Waals surface area contributed by atoms with Crippen molar-refractivity contribution in [1.82, 2.24) is 9.78 Å². The van der Waals surface area contributed by atoms with Gasteiger partial charge in [-0.1, -0.05) is 52.0 Å². The molecule has 0 saturated carbocycles. The van der Waals surface area contributed by atoms with Crippen LogP contribution in [0, 0.1) is 5.92 Å². The second kappa shape index (κ2) is 7.61. The summed E-state index contributed by atoms with van der Waals surface area (Å²) < 4.78 is 7.97. The molecule has 4 heteroatoms. The van der Waals surface area contributed by atoms with Gasteiger partial charge in [-0.15, -0.1) is 5.10 Å². The third kappa shape index (κ3) is 4.85. The van der Waals surface area contributed by atoms with E-state index in [1.807, 2.05) is 29.1 Å². The monoisotopic (exact) mass is 344 g/mol. The van der Waals surface area contributed by atoms with Crippen LogP contribution in [0.3, 0.4) is 0 Å². The standard InChI is InChI=1S/C21H32N2O2/c1-14(2)16-9-8-10-17(13-16)19(24)20(15(3)4)25-18-11-12-23(22-18)21(5,6)7/h8-15,19-20,24H,1-7H3. The van der Waals surface area contributed by atoms with Crippen molar-refractivity contribution in [2.45, 2.75) is 72.1 Å². The summed E-state index contributed by atoms with van der Waals surface area (Å²) >= 11 is 0. The first kappa shape index (κ1) is 19.5. The quantitative estimate of drug-likeness (QED) is 0.811. The van der Waals surface area contributed by atoms with Crippen molar-refractivity contribution in [3.63, 3.8) is 0 Å². The smallest absolute Gasteiger partial charge is 0.233 e. The molecule has 0 amide bonds. The van der Waals surface area contributed by atoms with E-state index in [1.165, 1.54) is 5.56 Å². The average molecular weight is 344 g/mol. The summed E-state index contributed by atoms with van der Waals surface area (Å²) in [7, 11) is 0. The van der Waals surface area contributed by atoms with E-state index in [9.17, 15) is 5.11 Å². The fourth-order valence-electron chi connectivity index (χ4n) is 2.74. The van der Waals surface area contributed by atoms with Crippen molar-refractivity contribution in [1.29, 1.82) is 0 Å². The molecule has 1 aromatic heterocycles. The van der Waals surface area contributed by atoms with Gasteiger partial charge in [-0.25, -0.2) is 0 Å². The fraction of sp³-hybridized carbons (Fsp3) is 0.571. The lowest BCUT2D eigenvalue weighted by Crippen LogP contribution is -2.31. The number of ether oxygens (including phenoxy) is 1. The maximum Gasteiger partial charge on any atom is 0.233 e. The summed E-state index contributed by atoms with van der Waals surface area (Å²) in [6, 6.07) is 9.99. The topological polar surface area (TPSA) is 47.3 Å². The van der Waals surface area contributed by atoms with Gasteiger partial charge in [-0.2, -0.15) is 0 Å². The molecule has 2 unspecified atom stereocenters. The minimum atomic E-state index is -0.696. The van der Waals surface area contributed by atoms with Crippen LogP contribution in [-0.2, 0) is 5.54 Å². The summed E-state index contributed by atoms with van der Waals surface area (Å²) in [6.45, 7) is 14.7. The second-order valence-electron chi connectivity index (χ2n) is 8.37. The SMILES string of the molecule is CC(C)c1cccc(C(O)C(Oc2ccn(C(C)(C)C)n2)C(C)C)c1. The highest BCUT2D eigenvalue weighted by Gasteiger charge is 2.27. The minimum Gasteiger partial charge on any atom is -0.470 e. The van der Waals surface area contributed by atoms with Crippen LogP contribution in [0.1, 0.15) is 71.6 Å². The summed E-state index contributed by atoms with van der Waals surface area (Å²) in [6.07, 6.45) is 0.864. The van der Waals surface area contributed by atoms with Crippen LogP contribution in [0.5, 0.6) is 5.88 Å². The highest BCUT2D eigenvalue weighted by molar-refractivity contribution is 5.28. The van der Waals surface area contributed by atoms with Gasteiger partial charge in [0.2, 0.25) is 5.88 Å². The Hall–Kier alpha value is -1.81. The second-order valence-corrected chi connectivity index (χ2v) is 8.37. The van der Waals surface area contributed by atoms with Crippen molar-refractivity contribution in [2.24, 2.45) is 5.92 Å². The number of hydrogen-bond acceptors (Lipinski definition) is 3. The zero-order valence-electron chi connectivity index (χ0n) is 16.5. The average Bonchev–Trinajstić information content (AvgIpc) is 3.00. The number of rotatable bonds is 6. The Morgan fingerprint density at radius 2 is 1.68 bits per heavy atom. The highest BCUT2D eigenvalue weighted by atomic mass is 16.5. The van der Waals surface area contributed by atoms with Gasteiger partial charge in [0.1, 0.15) is 12.2 Å². The lowest BCUT2D eigenvalue weighted by Gasteiger charge is -2.27. The molecular formula is C21H32N2O2. The largest absolute Gasteiger partial charge is 0.470 e. The molecule has 1 aromatic carbocycles. The Kier molecular flexibility index (Phi) is 5.94. The van der Waals surface area contributed by atoms with E-state index in [0.717, 1.165) is 5.56 Å². The molecule has 0 aliphatic heterocycles. The van der Waals surface area contributed by atoms with Crippen molar-refractivity contribution >= 4 is 0 Å². The van der Waals surface area contributed by atoms with Crippen molar-refractivity contribution in [3.8, 4) is 5.88 Å². The van der Waals surface area contributed by atoms with Crippen LogP contribution in [0.4, 0.5) is 0 Å². The van der Waals surface area contributed by atoms with E-state index in [1.54, 1.807) is 0 Å². The third-order valence-corrected chi connectivity index (χ3v) is 4.40. The van der Waals surface area contributed by atoms with Crippen molar-refractivity contribution < 1.29 is 9.84 Å². The molecule has 0 bridgehead atoms. The molecule has 1 N–H and O–H groups in total. The molecular weight excluding hydrogens is 312 g/mol. The first-order valence-electron chi connectivity index (χ1n) is 9.10. The van der Waals surface area contributed by atoms with Gasteiger partial charge in [0.05, 0.1) is 5.54 Å². The zero-order valence-corrected chi connectivity index (χ0v) is 16.5. The molecule has 0 saturated heterocycles. The van der Waals surface area contributed by atoms with Gasteiger partial charge < -0.3 is 9.84 Å². The lowest BCUT2D eigenvalue weighted by atomic mass is 9.93. The number of aromatic nitrogens is 2. The molecule has 2 rings (SSSR count). The maximum absolute atomic E-state index is 10.9. The van der Waals surface area contributed by atoms with Crippen LogP contribution in [0.25, 0.3) is 0 Å². The van der Waals surface area contributed by atoms with E-state index >= 15 is 0 Å². The molecule has 25 heavy (non-hydrogen) atoms. The number of aliphatic hydroxyl groups excluding tert-OH is 1. The normalized spacial score (nSPS) is 14.8. The van der Waals surface area contributed by atoms with E-state index in [4.69, 9.17) is 4.74 Å². The molecule has 0 fully saturated rings. The Labute approximate surface area is 151 Å². The maximum atomic E-state index is 10.9. The Balaban J connectivity index is 2.23. The van der Waals surface area contributed by atoms with Gasteiger partial charge in [0.25, 0.3) is 0 Å². The molecule has 0 aliphatic rings. The van der Waals surface area contributed by atoms with Crippen LogP contribution >= 0.6 is 0 Å². The summed E-state index contributed by atoms with van der Waals surface area (Å²) in [4.78, 5) is 0. The summed E-state index contributed by atoms with van der Waals surface area (Å²) in [5, 5.41) is 15.4. The molecule has 0 aliphatic carbocycles. The van der Waals surface area contributed by atoms with E-state index < -0.39 is 6.10 Å². The first-order chi connectivity index (χ1) is 11.6. The van der Waals surface area contributed by atoms with E-state index in [-0.39, 0.29) is 17.6 Å². The number of benzene rings is 1. The molecule has 1 heterocycles. The fourth-order valence-corrected chi connectivity index (χ4v) is 2.74. The number of aliphatic hydroxyl groups is 1. The predicted octanol–water partition coefficient (Wildman–Crippen LogP) is 4.90. The molecule has 4 nitrogen and oxygen atoms in total. The third-order valence-electron chi connectivity index (χ3n) is 4.40. The number of nitrogens with zero attached hydrogens (tertiary/aromatic N) is 2. The van der Waals surface area contributed by atoms with Crippen molar-refractivity contribution in [3.05, 3.63) is 47.7 Å². The van der Waals surface area contributed by atoms with Gasteiger partial charge in [0.15, 0.2) is 0 Å². The summed E-state index contributed by atoms with van der Waals surface area (Å²) in [5.41, 5.74) is 2.01. The van der Waals surface area contributed by atoms with E-state index in [2.05, 4.69) is 65.7 Å². The summed E-state index contributed by atoms with van der Waals surface area (Å²) in [5.74, 6) is 1.12. The minimum absolute atomic E-state index is 0.0981. The molecule has 0 radical (unpaired) electrons. The first-order valence-corrected chi connectivity index (χ1v) is 9.10. The van der Waals surface area contributed by atoms with E-state index in [0.29, 0.717) is 11.8 Å². The van der Waals surface area contributed by atoms with Gasteiger partial charge in [-0.3, -0.25) is 4.68 Å². The Bertz CT molecular complexity index is 683. The molecule has 2 atom stereocenters. The molecule has 2 aromatic rings. The van der Waals surface area contributed by atoms with Crippen molar-refractivity contribution in [2.75, 3.05) is 0 Å². The van der Waals surface area contributed by atoms with Crippen LogP contribution in [0.2, 0.25) is 0 Å². The van der Waals surface area contributed by atoms with Crippen LogP contribution < -0.4 is 4.74 Å². The number of hydrogen-bond donors (Lipinski definition) is 1. The molecule has 0 spiro atoms. The van der Waals surface area contributed by atoms with Gasteiger partial charge in [-0.05, 0) is 43.7 Å². The van der Waals surface area contributed by atoms with Gasteiger partial charge in [0, 0.05) is 12.3 Å². The Morgan fingerprint density at radius 3 is 2.20 bits per heavy atom. The zero-order chi connectivity index (χ0) is 18.8. The van der Waals surface area contributed by atoms with Gasteiger partial charge >= 0.3 is 0 Å². The Morgan fingerprint density at radius 1 is 1.04 bits per heavy atom. The lowest BCUT2D eigenvalue weighted by molar-refractivity contribution is 0.00453. The van der Waals surface area contributed by atoms with Crippen LogP contribution in [0.15, 0.2) is 36.5 Å². The molecule has 138 valence electrons. The van der Waals surface area contributed by atoms with Crippen LogP contribution in [-0.4, -0.2) is 21.0 Å². The predicted molar refractivity (Wildman–Crippen MR) is 102 cm³/mol. The highest BCUT2D eigenvalue weighted by Crippen LogP contribution is 2.28.